The molecule has 0 radical (unpaired) electrons. The van der Waals surface area contributed by atoms with Crippen molar-refractivity contribution in [2.24, 2.45) is 0 Å². The molecular formula is C15H21FN2O3. The Morgan fingerprint density at radius 1 is 1.48 bits per heavy atom. The molecule has 1 aromatic heterocycles. The number of carbonyl (C=O) groups is 1. The van der Waals surface area contributed by atoms with Gasteiger partial charge in [0.15, 0.2) is 0 Å². The van der Waals surface area contributed by atoms with Gasteiger partial charge < -0.3 is 9.47 Å². The van der Waals surface area contributed by atoms with Crippen molar-refractivity contribution in [1.82, 2.24) is 9.88 Å². The molecule has 0 amide bonds. The first-order chi connectivity index (χ1) is 10.1. The van der Waals surface area contributed by atoms with Crippen LogP contribution in [0.15, 0.2) is 18.3 Å². The van der Waals surface area contributed by atoms with Gasteiger partial charge in [-0.05, 0) is 25.3 Å². The third-order valence-corrected chi connectivity index (χ3v) is 3.58. The van der Waals surface area contributed by atoms with Crippen LogP contribution < -0.4 is 4.74 Å². The zero-order valence-corrected chi connectivity index (χ0v) is 12.4. The molecule has 116 valence electrons. The van der Waals surface area contributed by atoms with E-state index in [1.54, 1.807) is 6.20 Å². The van der Waals surface area contributed by atoms with E-state index in [0.29, 0.717) is 19.0 Å². The highest BCUT2D eigenvalue weighted by molar-refractivity contribution is 5.74. The molecule has 0 N–H and O–H groups in total. The molecule has 0 unspecified atom stereocenters. The average Bonchev–Trinajstić information content (AvgIpc) is 2.50. The number of ether oxygens (including phenoxy) is 2. The molecule has 0 spiro atoms. The van der Waals surface area contributed by atoms with Gasteiger partial charge in [-0.25, -0.2) is 14.2 Å². The quantitative estimate of drug-likeness (QED) is 0.775. The van der Waals surface area contributed by atoms with Crippen molar-refractivity contribution in [2.45, 2.75) is 32.0 Å². The fourth-order valence-electron chi connectivity index (χ4n) is 2.33. The van der Waals surface area contributed by atoms with E-state index in [2.05, 4.69) is 9.72 Å². The third kappa shape index (κ3) is 4.67. The molecule has 1 aromatic rings. The number of hydrogen-bond donors (Lipinski definition) is 0. The van der Waals surface area contributed by atoms with Crippen molar-refractivity contribution in [1.29, 1.82) is 0 Å². The van der Waals surface area contributed by atoms with Crippen molar-refractivity contribution < 1.29 is 18.7 Å². The van der Waals surface area contributed by atoms with Gasteiger partial charge in [0.2, 0.25) is 12.1 Å². The number of carbonyl (C=O) groups excluding carboxylic acids is 1. The standard InChI is InChI=1S/C15H21FN2O3/c1-11-3-4-14(17-9-11)21-12-5-7-18(8-6-12)10-13(16)15(19)20-2/h3-4,9,12-13H,5-8,10H2,1-2H3/t13-/m0/s1. The van der Waals surface area contributed by atoms with Gasteiger partial charge in [-0.15, -0.1) is 0 Å². The zero-order chi connectivity index (χ0) is 15.2. The van der Waals surface area contributed by atoms with Crippen LogP contribution >= 0.6 is 0 Å². The number of aryl methyl sites for hydroxylation is 1. The number of esters is 1. The Hall–Kier alpha value is -1.69. The summed E-state index contributed by atoms with van der Waals surface area (Å²) in [4.78, 5) is 17.2. The second kappa shape index (κ2) is 7.36. The van der Waals surface area contributed by atoms with Crippen molar-refractivity contribution >= 4 is 5.97 Å². The first kappa shape index (κ1) is 15.7. The number of hydrogen-bond acceptors (Lipinski definition) is 5. The highest BCUT2D eigenvalue weighted by atomic mass is 19.1. The van der Waals surface area contributed by atoms with Gasteiger partial charge in [0.1, 0.15) is 6.10 Å². The third-order valence-electron chi connectivity index (χ3n) is 3.58. The summed E-state index contributed by atoms with van der Waals surface area (Å²) in [6.45, 7) is 3.47. The summed E-state index contributed by atoms with van der Waals surface area (Å²) in [5.74, 6) is -0.186. The van der Waals surface area contributed by atoms with Gasteiger partial charge >= 0.3 is 5.97 Å². The molecule has 0 aromatic carbocycles. The molecule has 2 rings (SSSR count). The number of likely N-dealkylation sites (tertiary alicyclic amines) is 1. The molecule has 0 saturated carbocycles. The number of nitrogens with zero attached hydrogens (tertiary/aromatic N) is 2. The van der Waals surface area contributed by atoms with E-state index in [1.165, 1.54) is 7.11 Å². The first-order valence-corrected chi connectivity index (χ1v) is 7.12. The summed E-state index contributed by atoms with van der Waals surface area (Å²) in [6.07, 6.45) is 1.88. The summed E-state index contributed by atoms with van der Waals surface area (Å²) in [6, 6.07) is 3.82. The van der Waals surface area contributed by atoms with Crippen LogP contribution in [0.5, 0.6) is 5.88 Å². The van der Waals surface area contributed by atoms with E-state index < -0.39 is 12.1 Å². The molecule has 1 fully saturated rings. The number of rotatable bonds is 5. The second-order valence-corrected chi connectivity index (χ2v) is 5.28. The number of alkyl halides is 1. The molecule has 5 nitrogen and oxygen atoms in total. The summed E-state index contributed by atoms with van der Waals surface area (Å²) in [5.41, 5.74) is 1.09. The highest BCUT2D eigenvalue weighted by Crippen LogP contribution is 2.18. The molecule has 1 saturated heterocycles. The number of pyridine rings is 1. The van der Waals surface area contributed by atoms with Gasteiger partial charge in [-0.2, -0.15) is 0 Å². The lowest BCUT2D eigenvalue weighted by atomic mass is 10.1. The molecule has 0 aliphatic carbocycles. The monoisotopic (exact) mass is 296 g/mol. The van der Waals surface area contributed by atoms with E-state index in [0.717, 1.165) is 18.4 Å². The van der Waals surface area contributed by atoms with Crippen molar-refractivity contribution in [3.63, 3.8) is 0 Å². The van der Waals surface area contributed by atoms with Gasteiger partial charge in [-0.3, -0.25) is 4.90 Å². The summed E-state index contributed by atoms with van der Waals surface area (Å²) >= 11 is 0. The van der Waals surface area contributed by atoms with Crippen LogP contribution in [0.1, 0.15) is 18.4 Å². The smallest absolute Gasteiger partial charge is 0.341 e. The molecule has 1 aliphatic rings. The fraction of sp³-hybridized carbons (Fsp3) is 0.600. The molecule has 21 heavy (non-hydrogen) atoms. The number of piperidine rings is 1. The number of halogens is 1. The SMILES string of the molecule is COC(=O)[C@@H](F)CN1CCC(Oc2ccc(C)cn2)CC1. The van der Waals surface area contributed by atoms with Crippen molar-refractivity contribution in [3.05, 3.63) is 23.9 Å². The molecule has 1 aliphatic heterocycles. The molecule has 1 atom stereocenters. The van der Waals surface area contributed by atoms with Crippen LogP contribution in [-0.2, 0) is 9.53 Å². The van der Waals surface area contributed by atoms with Crippen LogP contribution in [0, 0.1) is 6.92 Å². The molecule has 6 heteroatoms. The summed E-state index contributed by atoms with van der Waals surface area (Å²) in [5, 5.41) is 0. The Labute approximate surface area is 124 Å². The molecule has 2 heterocycles. The minimum atomic E-state index is -1.58. The summed E-state index contributed by atoms with van der Waals surface area (Å²) < 4.78 is 23.7. The fourth-order valence-corrected chi connectivity index (χ4v) is 2.33. The van der Waals surface area contributed by atoms with Crippen molar-refractivity contribution in [3.8, 4) is 5.88 Å². The summed E-state index contributed by atoms with van der Waals surface area (Å²) in [7, 11) is 1.20. The Bertz CT molecular complexity index is 458. The van der Waals surface area contributed by atoms with Gasteiger partial charge in [0.05, 0.1) is 7.11 Å². The minimum Gasteiger partial charge on any atom is -0.474 e. The van der Waals surface area contributed by atoms with E-state index in [9.17, 15) is 9.18 Å². The van der Waals surface area contributed by atoms with Gasteiger partial charge in [0.25, 0.3) is 0 Å². The topological polar surface area (TPSA) is 51.7 Å². The lowest BCUT2D eigenvalue weighted by molar-refractivity contribution is -0.147. The first-order valence-electron chi connectivity index (χ1n) is 7.12. The van der Waals surface area contributed by atoms with E-state index in [4.69, 9.17) is 4.74 Å². The van der Waals surface area contributed by atoms with E-state index in [-0.39, 0.29) is 12.6 Å². The normalized spacial score (nSPS) is 18.2. The Kier molecular flexibility index (Phi) is 5.50. The average molecular weight is 296 g/mol. The lowest BCUT2D eigenvalue weighted by Crippen LogP contribution is -2.42. The minimum absolute atomic E-state index is 0.0855. The maximum Gasteiger partial charge on any atom is 0.341 e. The van der Waals surface area contributed by atoms with Gasteiger partial charge in [-0.1, -0.05) is 6.07 Å². The van der Waals surface area contributed by atoms with Crippen LogP contribution in [0.4, 0.5) is 4.39 Å². The van der Waals surface area contributed by atoms with Crippen LogP contribution in [0.2, 0.25) is 0 Å². The Balaban J connectivity index is 1.75. The predicted molar refractivity (Wildman–Crippen MR) is 76.0 cm³/mol. The second-order valence-electron chi connectivity index (χ2n) is 5.28. The van der Waals surface area contributed by atoms with Crippen LogP contribution in [-0.4, -0.2) is 54.9 Å². The van der Waals surface area contributed by atoms with Gasteiger partial charge in [0, 0.05) is 31.9 Å². The Morgan fingerprint density at radius 3 is 2.76 bits per heavy atom. The maximum atomic E-state index is 13.5. The largest absolute Gasteiger partial charge is 0.474 e. The number of aromatic nitrogens is 1. The maximum absolute atomic E-state index is 13.5. The van der Waals surface area contributed by atoms with Crippen LogP contribution in [0.25, 0.3) is 0 Å². The predicted octanol–water partition coefficient (Wildman–Crippen LogP) is 1.74. The highest BCUT2D eigenvalue weighted by Gasteiger charge is 2.26. The van der Waals surface area contributed by atoms with Crippen LogP contribution in [0.3, 0.4) is 0 Å². The number of methoxy groups -OCH3 is 1. The van der Waals surface area contributed by atoms with Crippen molar-refractivity contribution in [2.75, 3.05) is 26.7 Å². The zero-order valence-electron chi connectivity index (χ0n) is 12.4. The Morgan fingerprint density at radius 2 is 2.19 bits per heavy atom. The lowest BCUT2D eigenvalue weighted by Gasteiger charge is -2.32. The molecular weight excluding hydrogens is 275 g/mol. The van der Waals surface area contributed by atoms with E-state index >= 15 is 0 Å². The molecule has 0 bridgehead atoms. The van der Waals surface area contributed by atoms with E-state index in [1.807, 2.05) is 24.0 Å².